The van der Waals surface area contributed by atoms with E-state index in [1.807, 2.05) is 0 Å². The van der Waals surface area contributed by atoms with Gasteiger partial charge in [0.15, 0.2) is 23.1 Å². The molecule has 0 saturated carbocycles. The summed E-state index contributed by atoms with van der Waals surface area (Å²) in [5.41, 5.74) is 0.367. The van der Waals surface area contributed by atoms with Gasteiger partial charge in [0.2, 0.25) is 17.5 Å². The van der Waals surface area contributed by atoms with Crippen LogP contribution in [0.3, 0.4) is 0 Å². The third kappa shape index (κ3) is 3.14. The van der Waals surface area contributed by atoms with Gasteiger partial charge >= 0.3 is 0 Å². The quantitative estimate of drug-likeness (QED) is 0.491. The standard InChI is InChI=1S/C20H16F3N5O4/c1-8(29)18-27-13(17(22)23)16(32-18)20(30)28-6-5-10-12(25-7-24-10)14(28)19-26-11-4-2-3-9(21)15(11)31-19/h2-4,7-8,14,17,29H,5-6H2,1H3,(H,24,25)/t8-,14+/m1/s1. The number of hydrogen-bond acceptors (Lipinski definition) is 7. The predicted molar refractivity (Wildman–Crippen MR) is 101 cm³/mol. The fraction of sp³-hybridized carbons (Fsp3) is 0.300. The summed E-state index contributed by atoms with van der Waals surface area (Å²) < 4.78 is 52.1. The maximum atomic E-state index is 14.2. The van der Waals surface area contributed by atoms with E-state index in [2.05, 4.69) is 19.9 Å². The monoisotopic (exact) mass is 447 g/mol. The van der Waals surface area contributed by atoms with Gasteiger partial charge in [0.1, 0.15) is 11.6 Å². The highest BCUT2D eigenvalue weighted by atomic mass is 19.3. The van der Waals surface area contributed by atoms with Crippen molar-refractivity contribution >= 4 is 17.0 Å². The van der Waals surface area contributed by atoms with Crippen molar-refractivity contribution in [3.8, 4) is 0 Å². The molecular formula is C20H16F3N5O4. The second-order valence-corrected chi connectivity index (χ2v) is 7.30. The number of hydrogen-bond donors (Lipinski definition) is 2. The number of fused-ring (bicyclic) bond motifs is 2. The number of halogens is 3. The normalized spacial score (nSPS) is 17.2. The van der Waals surface area contributed by atoms with Crippen LogP contribution >= 0.6 is 0 Å². The molecule has 0 spiro atoms. The lowest BCUT2D eigenvalue weighted by Crippen LogP contribution is -2.41. The van der Waals surface area contributed by atoms with Crippen LogP contribution in [0.4, 0.5) is 13.2 Å². The summed E-state index contributed by atoms with van der Waals surface area (Å²) in [5.74, 6) is -2.65. The summed E-state index contributed by atoms with van der Waals surface area (Å²) in [4.78, 5) is 29.7. The zero-order valence-electron chi connectivity index (χ0n) is 16.6. The molecule has 3 aromatic heterocycles. The number of rotatable bonds is 4. The Kier molecular flexibility index (Phi) is 4.73. The maximum Gasteiger partial charge on any atom is 0.292 e. The number of H-pyrrole nitrogens is 1. The Bertz CT molecular complexity index is 1310. The fourth-order valence-corrected chi connectivity index (χ4v) is 3.75. The maximum absolute atomic E-state index is 14.2. The van der Waals surface area contributed by atoms with Crippen molar-refractivity contribution in [2.75, 3.05) is 6.54 Å². The second kappa shape index (κ2) is 7.48. The van der Waals surface area contributed by atoms with E-state index in [-0.39, 0.29) is 23.5 Å². The SMILES string of the molecule is C[C@@H](O)c1nc(C(F)F)c(C(=O)N2CCc3[nH]cnc3[C@H]2c2nc3cccc(F)c3o2)o1. The largest absolute Gasteiger partial charge is 0.435 e. The van der Waals surface area contributed by atoms with Crippen LogP contribution in [0.1, 0.15) is 64.9 Å². The van der Waals surface area contributed by atoms with Gasteiger partial charge in [-0.25, -0.2) is 28.1 Å². The van der Waals surface area contributed by atoms with Crippen LogP contribution in [0.25, 0.3) is 11.1 Å². The fourth-order valence-electron chi connectivity index (χ4n) is 3.75. The number of nitrogens with one attached hydrogen (secondary N) is 1. The molecule has 9 nitrogen and oxygen atoms in total. The minimum Gasteiger partial charge on any atom is -0.435 e. The molecule has 32 heavy (non-hydrogen) atoms. The van der Waals surface area contributed by atoms with E-state index in [1.54, 1.807) is 6.07 Å². The molecule has 1 aromatic carbocycles. The third-order valence-corrected chi connectivity index (χ3v) is 5.23. The first-order valence-corrected chi connectivity index (χ1v) is 9.70. The van der Waals surface area contributed by atoms with E-state index in [4.69, 9.17) is 8.83 Å². The number of carbonyl (C=O) groups is 1. The Labute approximate surface area is 177 Å². The number of alkyl halides is 2. The zero-order chi connectivity index (χ0) is 22.6. The van der Waals surface area contributed by atoms with Crippen molar-refractivity contribution in [1.29, 1.82) is 0 Å². The smallest absolute Gasteiger partial charge is 0.292 e. The van der Waals surface area contributed by atoms with Gasteiger partial charge < -0.3 is 23.8 Å². The Balaban J connectivity index is 1.63. The number of aromatic nitrogens is 4. The first-order chi connectivity index (χ1) is 15.3. The Morgan fingerprint density at radius 3 is 2.84 bits per heavy atom. The number of imidazole rings is 1. The predicted octanol–water partition coefficient (Wildman–Crippen LogP) is 3.46. The summed E-state index contributed by atoms with van der Waals surface area (Å²) in [6, 6.07) is 3.21. The number of oxazole rings is 2. The molecule has 1 aliphatic rings. The molecule has 1 amide bonds. The number of para-hydroxylation sites is 1. The molecular weight excluding hydrogens is 431 g/mol. The van der Waals surface area contributed by atoms with Crippen molar-refractivity contribution in [1.82, 2.24) is 24.8 Å². The number of carbonyl (C=O) groups excluding carboxylic acids is 1. The van der Waals surface area contributed by atoms with Crippen molar-refractivity contribution in [3.05, 3.63) is 65.0 Å². The molecule has 2 atom stereocenters. The second-order valence-electron chi connectivity index (χ2n) is 7.30. The highest BCUT2D eigenvalue weighted by molar-refractivity contribution is 5.93. The summed E-state index contributed by atoms with van der Waals surface area (Å²) in [7, 11) is 0. The Morgan fingerprint density at radius 2 is 2.12 bits per heavy atom. The summed E-state index contributed by atoms with van der Waals surface area (Å²) >= 11 is 0. The average molecular weight is 447 g/mol. The molecule has 4 aromatic rings. The van der Waals surface area contributed by atoms with Gasteiger partial charge in [-0.2, -0.15) is 0 Å². The van der Waals surface area contributed by atoms with Gasteiger partial charge in [-0.05, 0) is 19.1 Å². The van der Waals surface area contributed by atoms with E-state index < -0.39 is 47.6 Å². The molecule has 4 heterocycles. The van der Waals surface area contributed by atoms with Crippen molar-refractivity contribution in [2.45, 2.75) is 31.9 Å². The van der Waals surface area contributed by atoms with Crippen LogP contribution in [0, 0.1) is 5.82 Å². The molecule has 0 radical (unpaired) electrons. The first kappa shape index (κ1) is 20.2. The number of aliphatic hydroxyl groups is 1. The highest BCUT2D eigenvalue weighted by Crippen LogP contribution is 2.37. The number of benzene rings is 1. The van der Waals surface area contributed by atoms with E-state index in [9.17, 15) is 23.1 Å². The van der Waals surface area contributed by atoms with E-state index >= 15 is 0 Å². The molecule has 5 rings (SSSR count). The van der Waals surface area contributed by atoms with Gasteiger partial charge in [0.05, 0.1) is 12.0 Å². The highest BCUT2D eigenvalue weighted by Gasteiger charge is 2.41. The Hall–Kier alpha value is -3.67. The van der Waals surface area contributed by atoms with Gasteiger partial charge in [-0.15, -0.1) is 0 Å². The Morgan fingerprint density at radius 1 is 1.31 bits per heavy atom. The van der Waals surface area contributed by atoms with Gasteiger partial charge in [-0.1, -0.05) is 6.07 Å². The zero-order valence-corrected chi connectivity index (χ0v) is 16.6. The van der Waals surface area contributed by atoms with Crippen molar-refractivity contribution in [2.24, 2.45) is 0 Å². The van der Waals surface area contributed by atoms with Crippen LogP contribution < -0.4 is 0 Å². The third-order valence-electron chi connectivity index (χ3n) is 5.23. The van der Waals surface area contributed by atoms with E-state index in [0.717, 1.165) is 0 Å². The van der Waals surface area contributed by atoms with Gasteiger partial charge in [0, 0.05) is 18.7 Å². The average Bonchev–Trinajstić information content (AvgIpc) is 3.49. The van der Waals surface area contributed by atoms with Gasteiger partial charge in [-0.3, -0.25) is 4.79 Å². The van der Waals surface area contributed by atoms with Crippen molar-refractivity contribution < 1.29 is 31.9 Å². The molecule has 0 fully saturated rings. The van der Waals surface area contributed by atoms with E-state index in [0.29, 0.717) is 17.8 Å². The summed E-state index contributed by atoms with van der Waals surface area (Å²) in [6.07, 6.45) is -2.61. The molecule has 0 aliphatic carbocycles. The van der Waals surface area contributed by atoms with Crippen LogP contribution in [-0.4, -0.2) is 42.4 Å². The topological polar surface area (TPSA) is 121 Å². The van der Waals surface area contributed by atoms with Crippen LogP contribution in [0.15, 0.2) is 33.4 Å². The lowest BCUT2D eigenvalue weighted by Gasteiger charge is -2.32. The van der Waals surface area contributed by atoms with Crippen molar-refractivity contribution in [3.63, 3.8) is 0 Å². The minimum absolute atomic E-state index is 0.0274. The molecule has 1 aliphatic heterocycles. The lowest BCUT2D eigenvalue weighted by atomic mass is 10.0. The number of amides is 1. The minimum atomic E-state index is -3.10. The molecule has 0 unspecified atom stereocenters. The molecule has 12 heteroatoms. The first-order valence-electron chi connectivity index (χ1n) is 9.70. The molecule has 0 bridgehead atoms. The number of aliphatic hydroxyl groups excluding tert-OH is 1. The lowest BCUT2D eigenvalue weighted by molar-refractivity contribution is 0.0612. The number of nitrogens with zero attached hydrogens (tertiary/aromatic N) is 4. The molecule has 0 saturated heterocycles. The number of aromatic amines is 1. The molecule has 2 N–H and O–H groups in total. The van der Waals surface area contributed by atoms with Crippen LogP contribution in [0.5, 0.6) is 0 Å². The van der Waals surface area contributed by atoms with Crippen LogP contribution in [-0.2, 0) is 6.42 Å². The summed E-state index contributed by atoms with van der Waals surface area (Å²) in [5, 5.41) is 9.67. The molecule has 166 valence electrons. The van der Waals surface area contributed by atoms with Crippen LogP contribution in [0.2, 0.25) is 0 Å². The summed E-state index contributed by atoms with van der Waals surface area (Å²) in [6.45, 7) is 1.37. The van der Waals surface area contributed by atoms with Gasteiger partial charge in [0.25, 0.3) is 12.3 Å². The van der Waals surface area contributed by atoms with E-state index in [1.165, 1.54) is 30.3 Å².